The highest BCUT2D eigenvalue weighted by Crippen LogP contribution is 2.35. The van der Waals surface area contributed by atoms with E-state index < -0.39 is 30.2 Å². The Morgan fingerprint density at radius 3 is 2.56 bits per heavy atom. The molecule has 5 nitrogen and oxygen atoms in total. The zero-order chi connectivity index (χ0) is 20.0. The maximum atomic E-state index is 12.9. The van der Waals surface area contributed by atoms with Crippen LogP contribution in [0.25, 0.3) is 0 Å². The maximum absolute atomic E-state index is 12.9. The van der Waals surface area contributed by atoms with Crippen LogP contribution in [-0.2, 0) is 15.7 Å². The van der Waals surface area contributed by atoms with E-state index in [1.165, 1.54) is 11.3 Å². The van der Waals surface area contributed by atoms with Gasteiger partial charge in [-0.15, -0.1) is 11.3 Å². The van der Waals surface area contributed by atoms with Crippen LogP contribution < -0.4 is 10.1 Å². The Labute approximate surface area is 158 Å². The van der Waals surface area contributed by atoms with Crippen LogP contribution in [0.1, 0.15) is 34.1 Å². The number of carbonyl (C=O) groups excluding carboxylic acids is 2. The fourth-order valence-electron chi connectivity index (χ4n) is 2.11. The van der Waals surface area contributed by atoms with Crippen molar-refractivity contribution in [3.8, 4) is 5.75 Å². The summed E-state index contributed by atoms with van der Waals surface area (Å²) in [6.07, 6.45) is -3.92. The van der Waals surface area contributed by atoms with E-state index in [0.29, 0.717) is 11.3 Å². The van der Waals surface area contributed by atoms with Gasteiger partial charge in [-0.1, -0.05) is 6.92 Å². The van der Waals surface area contributed by atoms with Crippen LogP contribution in [0.15, 0.2) is 29.6 Å². The van der Waals surface area contributed by atoms with Crippen molar-refractivity contribution in [2.75, 3.05) is 18.5 Å². The number of ether oxygens (including phenoxy) is 2. The molecular formula is C18H18F3NO4S. The van der Waals surface area contributed by atoms with Crippen molar-refractivity contribution in [2.45, 2.75) is 26.4 Å². The summed E-state index contributed by atoms with van der Waals surface area (Å²) in [7, 11) is 0. The summed E-state index contributed by atoms with van der Waals surface area (Å²) in [5.74, 6) is -1.32. The number of aryl methyl sites for hydroxylation is 1. The molecule has 0 saturated heterocycles. The Kier molecular flexibility index (Phi) is 6.84. The zero-order valence-corrected chi connectivity index (χ0v) is 15.5. The van der Waals surface area contributed by atoms with Crippen molar-refractivity contribution in [1.29, 1.82) is 0 Å². The van der Waals surface area contributed by atoms with Gasteiger partial charge in [0.1, 0.15) is 10.6 Å². The van der Waals surface area contributed by atoms with Crippen molar-refractivity contribution in [2.24, 2.45) is 0 Å². The number of rotatable bonds is 7. The first-order valence-corrected chi connectivity index (χ1v) is 8.95. The fourth-order valence-corrected chi connectivity index (χ4v) is 2.92. The molecule has 0 atom stereocenters. The highest BCUT2D eigenvalue weighted by Gasteiger charge is 2.31. The van der Waals surface area contributed by atoms with Crippen molar-refractivity contribution in [3.63, 3.8) is 0 Å². The topological polar surface area (TPSA) is 64.6 Å². The van der Waals surface area contributed by atoms with Crippen LogP contribution in [0.2, 0.25) is 0 Å². The van der Waals surface area contributed by atoms with Gasteiger partial charge >= 0.3 is 12.1 Å². The van der Waals surface area contributed by atoms with Gasteiger partial charge in [-0.25, -0.2) is 4.79 Å². The second-order valence-electron chi connectivity index (χ2n) is 5.61. The van der Waals surface area contributed by atoms with Gasteiger partial charge in [-0.2, -0.15) is 13.2 Å². The van der Waals surface area contributed by atoms with Crippen molar-refractivity contribution in [3.05, 3.63) is 45.6 Å². The fraction of sp³-hybridized carbons (Fsp3) is 0.333. The molecule has 0 fully saturated rings. The minimum atomic E-state index is -4.56. The quantitative estimate of drug-likeness (QED) is 0.686. The first kappa shape index (κ1) is 20.8. The third-order valence-electron chi connectivity index (χ3n) is 3.42. The molecule has 2 aromatic rings. The molecule has 1 aromatic heterocycles. The Bertz CT molecular complexity index is 817. The van der Waals surface area contributed by atoms with Crippen LogP contribution in [-0.4, -0.2) is 25.1 Å². The number of hydrogen-bond donors (Lipinski definition) is 1. The molecule has 0 unspecified atom stereocenters. The lowest BCUT2D eigenvalue weighted by molar-refractivity contribution is -0.137. The van der Waals surface area contributed by atoms with E-state index in [9.17, 15) is 22.8 Å². The molecule has 1 aromatic carbocycles. The number of esters is 1. The van der Waals surface area contributed by atoms with Gasteiger partial charge in [0.2, 0.25) is 0 Å². The van der Waals surface area contributed by atoms with E-state index in [1.807, 2.05) is 6.92 Å². The number of anilines is 1. The second kappa shape index (κ2) is 8.90. The maximum Gasteiger partial charge on any atom is 0.416 e. The average Bonchev–Trinajstić information content (AvgIpc) is 3.03. The molecule has 146 valence electrons. The van der Waals surface area contributed by atoms with Gasteiger partial charge in [-0.05, 0) is 48.6 Å². The molecule has 0 aliphatic heterocycles. The molecule has 1 N–H and O–H groups in total. The Hall–Kier alpha value is -2.55. The van der Waals surface area contributed by atoms with E-state index in [0.717, 1.165) is 23.8 Å². The molecular weight excluding hydrogens is 383 g/mol. The molecule has 9 heteroatoms. The van der Waals surface area contributed by atoms with E-state index in [-0.39, 0.29) is 18.0 Å². The predicted molar refractivity (Wildman–Crippen MR) is 95.2 cm³/mol. The molecule has 0 radical (unpaired) electrons. The normalized spacial score (nSPS) is 11.1. The Morgan fingerprint density at radius 1 is 1.22 bits per heavy atom. The predicted octanol–water partition coefficient (Wildman–Crippen LogP) is 4.66. The minimum absolute atomic E-state index is 0.110. The van der Waals surface area contributed by atoms with Crippen LogP contribution in [0.3, 0.4) is 0 Å². The lowest BCUT2D eigenvalue weighted by Crippen LogP contribution is -2.21. The van der Waals surface area contributed by atoms with Gasteiger partial charge in [0.15, 0.2) is 6.61 Å². The SMILES string of the molecule is CCCOc1ccc(C(F)(F)F)cc1NC(=O)COC(=O)c1sccc1C. The van der Waals surface area contributed by atoms with Crippen LogP contribution >= 0.6 is 11.3 Å². The molecule has 1 amide bonds. The molecule has 0 spiro atoms. The number of carbonyl (C=O) groups is 2. The van der Waals surface area contributed by atoms with Crippen molar-refractivity contribution >= 4 is 28.9 Å². The second-order valence-corrected chi connectivity index (χ2v) is 6.53. The summed E-state index contributed by atoms with van der Waals surface area (Å²) in [4.78, 5) is 24.3. The minimum Gasteiger partial charge on any atom is -0.491 e. The summed E-state index contributed by atoms with van der Waals surface area (Å²) in [6.45, 7) is 3.22. The van der Waals surface area contributed by atoms with Crippen LogP contribution in [0, 0.1) is 6.92 Å². The number of benzene rings is 1. The summed E-state index contributed by atoms with van der Waals surface area (Å²) < 4.78 is 49.0. The molecule has 27 heavy (non-hydrogen) atoms. The smallest absolute Gasteiger partial charge is 0.416 e. The van der Waals surface area contributed by atoms with E-state index in [2.05, 4.69) is 5.32 Å². The monoisotopic (exact) mass is 401 g/mol. The first-order valence-electron chi connectivity index (χ1n) is 8.07. The number of thiophene rings is 1. The zero-order valence-electron chi connectivity index (χ0n) is 14.7. The first-order chi connectivity index (χ1) is 12.7. The third kappa shape index (κ3) is 5.72. The largest absolute Gasteiger partial charge is 0.491 e. The van der Waals surface area contributed by atoms with E-state index >= 15 is 0 Å². The highest BCUT2D eigenvalue weighted by atomic mass is 32.1. The molecule has 0 aliphatic rings. The number of nitrogens with one attached hydrogen (secondary N) is 1. The molecule has 0 saturated carbocycles. The summed E-state index contributed by atoms with van der Waals surface area (Å²) >= 11 is 1.18. The standard InChI is InChI=1S/C18H18F3NO4S/c1-3-7-25-14-5-4-12(18(19,20)21)9-13(14)22-15(23)10-26-17(24)16-11(2)6-8-27-16/h4-6,8-9H,3,7,10H2,1-2H3,(H,22,23). The average molecular weight is 401 g/mol. The van der Waals surface area contributed by atoms with E-state index in [4.69, 9.17) is 9.47 Å². The number of halogens is 3. The van der Waals surface area contributed by atoms with Crippen molar-refractivity contribution < 1.29 is 32.2 Å². The molecule has 2 rings (SSSR count). The van der Waals surface area contributed by atoms with Crippen LogP contribution in [0.4, 0.5) is 18.9 Å². The molecule has 0 bridgehead atoms. The van der Waals surface area contributed by atoms with Gasteiger partial charge in [0.05, 0.1) is 17.9 Å². The Morgan fingerprint density at radius 2 is 1.96 bits per heavy atom. The highest BCUT2D eigenvalue weighted by molar-refractivity contribution is 7.12. The van der Waals surface area contributed by atoms with Gasteiger partial charge in [-0.3, -0.25) is 4.79 Å². The van der Waals surface area contributed by atoms with Gasteiger partial charge in [0.25, 0.3) is 5.91 Å². The summed E-state index contributed by atoms with van der Waals surface area (Å²) in [5, 5.41) is 4.02. The molecule has 0 aliphatic carbocycles. The number of alkyl halides is 3. The summed E-state index contributed by atoms with van der Waals surface area (Å²) in [5.41, 5.74) is -0.335. The lowest BCUT2D eigenvalue weighted by Gasteiger charge is -2.15. The van der Waals surface area contributed by atoms with Gasteiger partial charge in [0, 0.05) is 0 Å². The van der Waals surface area contributed by atoms with Crippen LogP contribution in [0.5, 0.6) is 5.75 Å². The Balaban J connectivity index is 2.08. The van der Waals surface area contributed by atoms with Gasteiger partial charge < -0.3 is 14.8 Å². The summed E-state index contributed by atoms with van der Waals surface area (Å²) in [6, 6.07) is 4.55. The third-order valence-corrected chi connectivity index (χ3v) is 4.42. The number of hydrogen-bond acceptors (Lipinski definition) is 5. The lowest BCUT2D eigenvalue weighted by atomic mass is 10.1. The van der Waals surface area contributed by atoms with E-state index in [1.54, 1.807) is 18.4 Å². The van der Waals surface area contributed by atoms with Crippen molar-refractivity contribution in [1.82, 2.24) is 0 Å². The molecule has 1 heterocycles. The number of amides is 1.